The number of hydrogen-bond donors (Lipinski definition) is 0. The molecule has 0 heterocycles. The van der Waals surface area contributed by atoms with Gasteiger partial charge in [0.2, 0.25) is 0 Å². The Bertz CT molecular complexity index is 615. The van der Waals surface area contributed by atoms with Crippen molar-refractivity contribution in [2.24, 2.45) is 0 Å². The Kier molecular flexibility index (Phi) is 15.2. The number of unbranched alkanes of at least 4 members (excludes halogenated alkanes) is 10. The summed E-state index contributed by atoms with van der Waals surface area (Å²) in [7, 11) is 0. The van der Waals surface area contributed by atoms with Crippen LogP contribution in [0.3, 0.4) is 0 Å². The molecule has 0 saturated heterocycles. The molecule has 0 fully saturated rings. The van der Waals surface area contributed by atoms with E-state index < -0.39 is 0 Å². The molecule has 0 unspecified atom stereocenters. The van der Waals surface area contributed by atoms with Crippen molar-refractivity contribution in [3.05, 3.63) is 28.8 Å². The van der Waals surface area contributed by atoms with Crippen LogP contribution in [0, 0.1) is 6.92 Å². The zero-order chi connectivity index (χ0) is 22.0. The van der Waals surface area contributed by atoms with Gasteiger partial charge in [-0.2, -0.15) is 0 Å². The Morgan fingerprint density at radius 1 is 0.800 bits per heavy atom. The van der Waals surface area contributed by atoms with Gasteiger partial charge >= 0.3 is 11.9 Å². The van der Waals surface area contributed by atoms with Crippen molar-refractivity contribution in [1.82, 2.24) is 0 Å². The Morgan fingerprint density at radius 3 is 2.00 bits per heavy atom. The standard InChI is InChI=1S/C25H39ClO4/c1-3-4-5-6-7-8-9-10-14-19-29-24(27)15-12-11-13-16-25(28)30-22-17-18-23(26)21(2)20-22/h17-18,20H,3-16,19H2,1-2H3. The van der Waals surface area contributed by atoms with E-state index in [4.69, 9.17) is 21.1 Å². The van der Waals surface area contributed by atoms with Gasteiger partial charge in [0.05, 0.1) is 6.61 Å². The van der Waals surface area contributed by atoms with E-state index in [2.05, 4.69) is 6.92 Å². The summed E-state index contributed by atoms with van der Waals surface area (Å²) in [5, 5.41) is 0.652. The number of benzene rings is 1. The zero-order valence-corrected chi connectivity index (χ0v) is 19.6. The molecule has 1 aromatic carbocycles. The maximum Gasteiger partial charge on any atom is 0.311 e. The fourth-order valence-corrected chi connectivity index (χ4v) is 3.37. The fourth-order valence-electron chi connectivity index (χ4n) is 3.25. The molecule has 5 heteroatoms. The molecule has 0 amide bonds. The second-order valence-corrected chi connectivity index (χ2v) is 8.40. The van der Waals surface area contributed by atoms with Gasteiger partial charge in [0.25, 0.3) is 0 Å². The minimum atomic E-state index is -0.260. The molecule has 0 radical (unpaired) electrons. The summed E-state index contributed by atoms with van der Waals surface area (Å²) in [6.45, 7) is 4.64. The summed E-state index contributed by atoms with van der Waals surface area (Å²) in [6, 6.07) is 5.17. The zero-order valence-electron chi connectivity index (χ0n) is 18.8. The fraction of sp³-hybridized carbons (Fsp3) is 0.680. The predicted molar refractivity (Wildman–Crippen MR) is 123 cm³/mol. The number of aryl methyl sites for hydroxylation is 1. The van der Waals surface area contributed by atoms with E-state index in [0.717, 1.165) is 31.2 Å². The van der Waals surface area contributed by atoms with Crippen LogP contribution in [0.15, 0.2) is 18.2 Å². The summed E-state index contributed by atoms with van der Waals surface area (Å²) in [6.07, 6.45) is 14.3. The molecule has 0 aliphatic carbocycles. The van der Waals surface area contributed by atoms with Gasteiger partial charge in [-0.3, -0.25) is 9.59 Å². The topological polar surface area (TPSA) is 52.6 Å². The third-order valence-electron chi connectivity index (χ3n) is 5.13. The number of halogens is 1. The average Bonchev–Trinajstić information content (AvgIpc) is 2.72. The molecule has 1 aromatic rings. The van der Waals surface area contributed by atoms with Crippen LogP contribution in [-0.2, 0) is 14.3 Å². The first-order chi connectivity index (χ1) is 14.5. The smallest absolute Gasteiger partial charge is 0.311 e. The van der Waals surface area contributed by atoms with Crippen molar-refractivity contribution >= 4 is 23.5 Å². The molecule has 4 nitrogen and oxygen atoms in total. The summed E-state index contributed by atoms with van der Waals surface area (Å²) in [5.41, 5.74) is 0.878. The van der Waals surface area contributed by atoms with Crippen molar-refractivity contribution in [2.75, 3.05) is 6.61 Å². The summed E-state index contributed by atoms with van der Waals surface area (Å²) in [5.74, 6) is 0.125. The van der Waals surface area contributed by atoms with Gasteiger partial charge in [-0.1, -0.05) is 76.3 Å². The second kappa shape index (κ2) is 17.2. The van der Waals surface area contributed by atoms with E-state index in [1.54, 1.807) is 18.2 Å². The van der Waals surface area contributed by atoms with Gasteiger partial charge < -0.3 is 9.47 Å². The van der Waals surface area contributed by atoms with Crippen LogP contribution in [0.5, 0.6) is 5.75 Å². The number of esters is 2. The first-order valence-corrected chi connectivity index (χ1v) is 12.0. The lowest BCUT2D eigenvalue weighted by molar-refractivity contribution is -0.143. The van der Waals surface area contributed by atoms with E-state index in [1.807, 2.05) is 6.92 Å². The van der Waals surface area contributed by atoms with Crippen molar-refractivity contribution in [1.29, 1.82) is 0 Å². The summed E-state index contributed by atoms with van der Waals surface area (Å²) < 4.78 is 10.6. The SMILES string of the molecule is CCCCCCCCCCCOC(=O)CCCCCC(=O)Oc1ccc(Cl)c(C)c1. The van der Waals surface area contributed by atoms with E-state index >= 15 is 0 Å². The highest BCUT2D eigenvalue weighted by Crippen LogP contribution is 2.21. The maximum atomic E-state index is 11.9. The maximum absolute atomic E-state index is 11.9. The Labute approximate surface area is 187 Å². The van der Waals surface area contributed by atoms with Crippen LogP contribution in [0.25, 0.3) is 0 Å². The normalized spacial score (nSPS) is 10.8. The highest BCUT2D eigenvalue weighted by atomic mass is 35.5. The van der Waals surface area contributed by atoms with E-state index in [9.17, 15) is 9.59 Å². The molecular weight excluding hydrogens is 400 g/mol. The number of ether oxygens (including phenoxy) is 2. The van der Waals surface area contributed by atoms with Crippen LogP contribution in [-0.4, -0.2) is 18.5 Å². The van der Waals surface area contributed by atoms with Gasteiger partial charge in [0, 0.05) is 17.9 Å². The van der Waals surface area contributed by atoms with Crippen molar-refractivity contribution < 1.29 is 19.1 Å². The van der Waals surface area contributed by atoms with E-state index in [0.29, 0.717) is 36.6 Å². The molecule has 170 valence electrons. The van der Waals surface area contributed by atoms with Gasteiger partial charge in [0.15, 0.2) is 0 Å². The number of hydrogen-bond acceptors (Lipinski definition) is 4. The summed E-state index contributed by atoms with van der Waals surface area (Å²) >= 11 is 5.96. The number of carbonyl (C=O) groups is 2. The molecule has 1 rings (SSSR count). The Morgan fingerprint density at radius 2 is 1.37 bits per heavy atom. The van der Waals surface area contributed by atoms with Crippen LogP contribution in [0.1, 0.15) is 102 Å². The quantitative estimate of drug-likeness (QED) is 0.143. The minimum absolute atomic E-state index is 0.131. The predicted octanol–water partition coefficient (Wildman–Crippen LogP) is 7.58. The first-order valence-electron chi connectivity index (χ1n) is 11.7. The Balaban J connectivity index is 1.93. The third-order valence-corrected chi connectivity index (χ3v) is 5.56. The van der Waals surface area contributed by atoms with Crippen LogP contribution in [0.2, 0.25) is 5.02 Å². The third kappa shape index (κ3) is 13.6. The van der Waals surface area contributed by atoms with Crippen molar-refractivity contribution in [3.8, 4) is 5.75 Å². The number of rotatable bonds is 17. The van der Waals surface area contributed by atoms with Gasteiger partial charge in [-0.05, 0) is 49.9 Å². The molecule has 0 spiro atoms. The Hall–Kier alpha value is -1.55. The highest BCUT2D eigenvalue weighted by molar-refractivity contribution is 6.31. The lowest BCUT2D eigenvalue weighted by Gasteiger charge is -2.07. The lowest BCUT2D eigenvalue weighted by atomic mass is 10.1. The average molecular weight is 439 g/mol. The van der Waals surface area contributed by atoms with Crippen molar-refractivity contribution in [2.45, 2.75) is 104 Å². The molecule has 30 heavy (non-hydrogen) atoms. The lowest BCUT2D eigenvalue weighted by Crippen LogP contribution is -2.08. The van der Waals surface area contributed by atoms with Gasteiger partial charge in [-0.25, -0.2) is 0 Å². The van der Waals surface area contributed by atoms with E-state index in [-0.39, 0.29) is 11.9 Å². The molecule has 0 saturated carbocycles. The van der Waals surface area contributed by atoms with Gasteiger partial charge in [-0.15, -0.1) is 0 Å². The monoisotopic (exact) mass is 438 g/mol. The molecule has 0 bridgehead atoms. The molecule has 0 N–H and O–H groups in total. The van der Waals surface area contributed by atoms with Crippen LogP contribution in [0.4, 0.5) is 0 Å². The van der Waals surface area contributed by atoms with Crippen LogP contribution >= 0.6 is 11.6 Å². The number of carbonyl (C=O) groups excluding carboxylic acids is 2. The minimum Gasteiger partial charge on any atom is -0.466 e. The molecule has 0 aliphatic heterocycles. The van der Waals surface area contributed by atoms with E-state index in [1.165, 1.54) is 44.9 Å². The highest BCUT2D eigenvalue weighted by Gasteiger charge is 2.07. The molecule has 0 aromatic heterocycles. The van der Waals surface area contributed by atoms with Crippen LogP contribution < -0.4 is 4.74 Å². The second-order valence-electron chi connectivity index (χ2n) is 7.99. The molecule has 0 aliphatic rings. The van der Waals surface area contributed by atoms with Crippen molar-refractivity contribution in [3.63, 3.8) is 0 Å². The molecular formula is C25H39ClO4. The molecule has 0 atom stereocenters. The summed E-state index contributed by atoms with van der Waals surface area (Å²) in [4.78, 5) is 23.6. The largest absolute Gasteiger partial charge is 0.466 e. The first kappa shape index (κ1) is 26.5. The van der Waals surface area contributed by atoms with Gasteiger partial charge in [0.1, 0.15) is 5.75 Å².